The van der Waals surface area contributed by atoms with Gasteiger partial charge < -0.3 is 10.4 Å². The quantitative estimate of drug-likeness (QED) is 0.581. The zero-order chi connectivity index (χ0) is 21.6. The fourth-order valence-corrected chi connectivity index (χ4v) is 4.21. The number of amides is 1. The summed E-state index contributed by atoms with van der Waals surface area (Å²) in [4.78, 5) is 31.6. The van der Waals surface area contributed by atoms with Gasteiger partial charge in [-0.05, 0) is 67.3 Å². The molecule has 4 rings (SSSR count). The first kappa shape index (κ1) is 20.7. The number of nitrogens with one attached hydrogen (secondary N) is 1. The molecule has 1 aliphatic carbocycles. The van der Waals surface area contributed by atoms with Gasteiger partial charge in [-0.15, -0.1) is 0 Å². The van der Waals surface area contributed by atoms with Crippen molar-refractivity contribution < 1.29 is 14.7 Å². The van der Waals surface area contributed by atoms with E-state index >= 15 is 0 Å². The van der Waals surface area contributed by atoms with E-state index in [9.17, 15) is 9.59 Å². The van der Waals surface area contributed by atoms with Gasteiger partial charge >= 0.3 is 5.97 Å². The van der Waals surface area contributed by atoms with Crippen LogP contribution >= 0.6 is 0 Å². The number of aliphatic carboxylic acids is 1. The Morgan fingerprint density at radius 3 is 2.35 bits per heavy atom. The molecule has 3 aromatic rings. The lowest BCUT2D eigenvalue weighted by atomic mass is 9.77. The summed E-state index contributed by atoms with van der Waals surface area (Å²) >= 11 is 0. The average molecular weight is 415 g/mol. The number of rotatable bonds is 6. The number of benzene rings is 1. The molecule has 31 heavy (non-hydrogen) atoms. The summed E-state index contributed by atoms with van der Waals surface area (Å²) in [6, 6.07) is 15.6. The third-order valence-electron chi connectivity index (χ3n) is 5.93. The zero-order valence-electron chi connectivity index (χ0n) is 17.2. The van der Waals surface area contributed by atoms with E-state index in [1.807, 2.05) is 12.1 Å². The van der Waals surface area contributed by atoms with Crippen molar-refractivity contribution in [2.45, 2.75) is 38.0 Å². The number of aromatic nitrogens is 2. The van der Waals surface area contributed by atoms with Crippen LogP contribution in [0.15, 0.2) is 67.1 Å². The normalized spacial score (nSPS) is 18.3. The topological polar surface area (TPSA) is 92.2 Å². The van der Waals surface area contributed by atoms with Crippen LogP contribution in [0.1, 0.15) is 53.9 Å². The molecule has 2 heterocycles. The molecule has 1 aliphatic rings. The SMILES string of the molecule is O=C(O)CC1CCC(c2ccc(-c3ccc(NC(=O)c4cccnc4)cn3)cc2)CC1. The monoisotopic (exact) mass is 415 g/mol. The Kier molecular flexibility index (Phi) is 6.36. The number of pyridine rings is 2. The van der Waals surface area contributed by atoms with E-state index in [1.54, 1.807) is 24.5 Å². The lowest BCUT2D eigenvalue weighted by Crippen LogP contribution is -2.16. The van der Waals surface area contributed by atoms with Gasteiger partial charge in [0.15, 0.2) is 0 Å². The Morgan fingerprint density at radius 2 is 1.74 bits per heavy atom. The molecule has 2 N–H and O–H groups in total. The van der Waals surface area contributed by atoms with E-state index in [2.05, 4.69) is 39.6 Å². The molecule has 0 bridgehead atoms. The van der Waals surface area contributed by atoms with Crippen molar-refractivity contribution in [1.29, 1.82) is 0 Å². The Hall–Kier alpha value is -3.54. The second kappa shape index (κ2) is 9.51. The van der Waals surface area contributed by atoms with Crippen molar-refractivity contribution in [2.75, 3.05) is 5.32 Å². The van der Waals surface area contributed by atoms with Gasteiger partial charge in [0.25, 0.3) is 5.91 Å². The number of carboxylic acids is 1. The minimum Gasteiger partial charge on any atom is -0.481 e. The molecule has 0 saturated heterocycles. The lowest BCUT2D eigenvalue weighted by Gasteiger charge is -2.28. The van der Waals surface area contributed by atoms with Crippen LogP contribution in [0, 0.1) is 5.92 Å². The third kappa shape index (κ3) is 5.34. The van der Waals surface area contributed by atoms with Gasteiger partial charge in [0, 0.05) is 24.4 Å². The molecular weight excluding hydrogens is 390 g/mol. The number of carboxylic acid groups (broad SMARTS) is 1. The van der Waals surface area contributed by atoms with Gasteiger partial charge in [-0.25, -0.2) is 0 Å². The first-order valence-electron chi connectivity index (χ1n) is 10.6. The largest absolute Gasteiger partial charge is 0.481 e. The third-order valence-corrected chi connectivity index (χ3v) is 5.93. The van der Waals surface area contributed by atoms with Crippen LogP contribution in [-0.4, -0.2) is 27.0 Å². The Bertz CT molecular complexity index is 1030. The van der Waals surface area contributed by atoms with E-state index in [-0.39, 0.29) is 12.3 Å². The molecule has 1 fully saturated rings. The highest BCUT2D eigenvalue weighted by Crippen LogP contribution is 2.37. The Balaban J connectivity index is 1.36. The molecule has 6 heteroatoms. The summed E-state index contributed by atoms with van der Waals surface area (Å²) in [5.41, 5.74) is 4.30. The van der Waals surface area contributed by atoms with Crippen molar-refractivity contribution in [1.82, 2.24) is 9.97 Å². The van der Waals surface area contributed by atoms with Crippen molar-refractivity contribution in [2.24, 2.45) is 5.92 Å². The van der Waals surface area contributed by atoms with Gasteiger partial charge in [-0.3, -0.25) is 19.6 Å². The lowest BCUT2D eigenvalue weighted by molar-refractivity contribution is -0.138. The number of hydrogen-bond acceptors (Lipinski definition) is 4. The van der Waals surface area contributed by atoms with Crippen molar-refractivity contribution >= 4 is 17.6 Å². The number of anilines is 1. The van der Waals surface area contributed by atoms with Crippen LogP contribution < -0.4 is 5.32 Å². The fraction of sp³-hybridized carbons (Fsp3) is 0.280. The molecular formula is C25H25N3O3. The molecule has 0 aliphatic heterocycles. The smallest absolute Gasteiger partial charge is 0.303 e. The zero-order valence-corrected chi connectivity index (χ0v) is 17.2. The maximum absolute atomic E-state index is 12.2. The van der Waals surface area contributed by atoms with Crippen LogP contribution in [0.5, 0.6) is 0 Å². The van der Waals surface area contributed by atoms with Gasteiger partial charge in [0.2, 0.25) is 0 Å². The molecule has 0 radical (unpaired) electrons. The van der Waals surface area contributed by atoms with Crippen LogP contribution in [-0.2, 0) is 4.79 Å². The fourth-order valence-electron chi connectivity index (χ4n) is 4.21. The molecule has 1 aromatic carbocycles. The summed E-state index contributed by atoms with van der Waals surface area (Å²) in [5, 5.41) is 11.8. The highest BCUT2D eigenvalue weighted by Gasteiger charge is 2.23. The van der Waals surface area contributed by atoms with Crippen molar-refractivity contribution in [3.8, 4) is 11.3 Å². The van der Waals surface area contributed by atoms with E-state index in [0.29, 0.717) is 23.1 Å². The number of carbonyl (C=O) groups excluding carboxylic acids is 1. The first-order chi connectivity index (χ1) is 15.1. The molecule has 0 spiro atoms. The van der Waals surface area contributed by atoms with Gasteiger partial charge in [-0.1, -0.05) is 24.3 Å². The maximum atomic E-state index is 12.2. The Labute approximate surface area is 181 Å². The standard InChI is InChI=1S/C25H25N3O3/c29-24(30)14-17-3-5-18(6-4-17)19-7-9-20(10-8-19)23-12-11-22(16-27-23)28-25(31)21-2-1-13-26-15-21/h1-2,7-13,15-18H,3-6,14H2,(H,28,31)(H,29,30). The molecule has 158 valence electrons. The van der Waals surface area contributed by atoms with Crippen LogP contribution in [0.4, 0.5) is 5.69 Å². The van der Waals surface area contributed by atoms with Gasteiger partial charge in [0.1, 0.15) is 0 Å². The molecule has 0 atom stereocenters. The minimum atomic E-state index is -0.692. The molecule has 1 amide bonds. The molecule has 1 saturated carbocycles. The predicted octanol–water partition coefficient (Wildman–Crippen LogP) is 5.14. The summed E-state index contributed by atoms with van der Waals surface area (Å²) < 4.78 is 0. The average Bonchev–Trinajstić information content (AvgIpc) is 2.80. The van der Waals surface area contributed by atoms with Gasteiger partial charge in [0.05, 0.1) is 23.1 Å². The van der Waals surface area contributed by atoms with Crippen molar-refractivity contribution in [3.63, 3.8) is 0 Å². The van der Waals surface area contributed by atoms with Crippen LogP contribution in [0.3, 0.4) is 0 Å². The van der Waals surface area contributed by atoms with E-state index in [1.165, 1.54) is 11.8 Å². The Morgan fingerprint density at radius 1 is 0.968 bits per heavy atom. The highest BCUT2D eigenvalue weighted by atomic mass is 16.4. The van der Waals surface area contributed by atoms with E-state index < -0.39 is 5.97 Å². The molecule has 0 unspecified atom stereocenters. The van der Waals surface area contributed by atoms with E-state index in [4.69, 9.17) is 5.11 Å². The number of hydrogen-bond donors (Lipinski definition) is 2. The van der Waals surface area contributed by atoms with Crippen LogP contribution in [0.25, 0.3) is 11.3 Å². The summed E-state index contributed by atoms with van der Waals surface area (Å²) in [6.07, 6.45) is 9.14. The second-order valence-corrected chi connectivity index (χ2v) is 8.07. The van der Waals surface area contributed by atoms with Crippen LogP contribution in [0.2, 0.25) is 0 Å². The predicted molar refractivity (Wildman–Crippen MR) is 119 cm³/mol. The summed E-state index contributed by atoms with van der Waals surface area (Å²) in [5.74, 6) is -0.0976. The maximum Gasteiger partial charge on any atom is 0.303 e. The van der Waals surface area contributed by atoms with E-state index in [0.717, 1.165) is 36.9 Å². The number of nitrogens with zero attached hydrogens (tertiary/aromatic N) is 2. The highest BCUT2D eigenvalue weighted by molar-refractivity contribution is 6.03. The summed E-state index contributed by atoms with van der Waals surface area (Å²) in [6.45, 7) is 0. The number of carbonyl (C=O) groups is 2. The second-order valence-electron chi connectivity index (χ2n) is 8.07. The van der Waals surface area contributed by atoms with Crippen molar-refractivity contribution in [3.05, 3.63) is 78.2 Å². The van der Waals surface area contributed by atoms with Gasteiger partial charge in [-0.2, -0.15) is 0 Å². The minimum absolute atomic E-state index is 0.218. The molecule has 6 nitrogen and oxygen atoms in total. The summed E-state index contributed by atoms with van der Waals surface area (Å²) in [7, 11) is 0. The molecule has 2 aromatic heterocycles. The first-order valence-corrected chi connectivity index (χ1v) is 10.6.